The van der Waals surface area contributed by atoms with Gasteiger partial charge in [0.05, 0.1) is 11.1 Å². The van der Waals surface area contributed by atoms with E-state index in [-0.39, 0.29) is 6.04 Å². The molecular formula is C17H19ClIN. The van der Waals surface area contributed by atoms with Crippen molar-refractivity contribution in [2.45, 2.75) is 26.8 Å². The molecule has 3 heteroatoms. The van der Waals surface area contributed by atoms with E-state index in [2.05, 4.69) is 79.0 Å². The van der Waals surface area contributed by atoms with Crippen molar-refractivity contribution in [3.05, 3.63) is 66.7 Å². The summed E-state index contributed by atoms with van der Waals surface area (Å²) < 4.78 is 1.08. The van der Waals surface area contributed by atoms with Crippen LogP contribution in [0.3, 0.4) is 0 Å². The molecule has 0 fully saturated rings. The average molecular weight is 400 g/mol. The fraction of sp³-hybridized carbons (Fsp3) is 0.294. The number of nitrogens with one attached hydrogen (secondary N) is 1. The molecule has 0 aliphatic rings. The van der Waals surface area contributed by atoms with Crippen molar-refractivity contribution >= 4 is 34.2 Å². The van der Waals surface area contributed by atoms with Gasteiger partial charge in [-0.2, -0.15) is 0 Å². The van der Waals surface area contributed by atoms with Crippen molar-refractivity contribution in [2.75, 3.05) is 7.05 Å². The highest BCUT2D eigenvalue weighted by Gasteiger charge is 2.16. The minimum absolute atomic E-state index is 0.170. The molecule has 1 N–H and O–H groups in total. The first-order valence-electron chi connectivity index (χ1n) is 6.64. The molecule has 2 aromatic carbocycles. The smallest absolute Gasteiger partial charge is 0.0577 e. The molecule has 0 spiro atoms. The van der Waals surface area contributed by atoms with Gasteiger partial charge in [0.25, 0.3) is 0 Å². The van der Waals surface area contributed by atoms with Crippen LogP contribution in [-0.2, 0) is 0 Å². The van der Waals surface area contributed by atoms with Crippen molar-refractivity contribution in [2.24, 2.45) is 0 Å². The third kappa shape index (κ3) is 3.18. The maximum atomic E-state index is 6.26. The third-order valence-corrected chi connectivity index (χ3v) is 5.33. The van der Waals surface area contributed by atoms with Crippen molar-refractivity contribution in [1.29, 1.82) is 0 Å². The van der Waals surface area contributed by atoms with Crippen LogP contribution in [0.1, 0.15) is 33.9 Å². The van der Waals surface area contributed by atoms with Crippen LogP contribution in [0, 0.1) is 24.3 Å². The predicted molar refractivity (Wildman–Crippen MR) is 95.7 cm³/mol. The number of benzene rings is 2. The molecular weight excluding hydrogens is 381 g/mol. The van der Waals surface area contributed by atoms with Gasteiger partial charge in [0.2, 0.25) is 0 Å². The Bertz CT molecular complexity index is 637. The van der Waals surface area contributed by atoms with Crippen LogP contribution in [0.15, 0.2) is 30.3 Å². The lowest BCUT2D eigenvalue weighted by Gasteiger charge is -2.21. The van der Waals surface area contributed by atoms with Crippen LogP contribution in [-0.4, -0.2) is 7.05 Å². The molecule has 0 saturated heterocycles. The Hall–Kier alpha value is -0.580. The van der Waals surface area contributed by atoms with Gasteiger partial charge in [0.1, 0.15) is 0 Å². The molecule has 0 aliphatic carbocycles. The maximum absolute atomic E-state index is 6.26. The summed E-state index contributed by atoms with van der Waals surface area (Å²) in [5.74, 6) is 0. The Balaban J connectivity index is 2.52. The second-order valence-electron chi connectivity index (χ2n) is 5.19. The van der Waals surface area contributed by atoms with E-state index >= 15 is 0 Å². The molecule has 0 radical (unpaired) electrons. The van der Waals surface area contributed by atoms with E-state index in [4.69, 9.17) is 11.6 Å². The van der Waals surface area contributed by atoms with Gasteiger partial charge in [0.15, 0.2) is 0 Å². The van der Waals surface area contributed by atoms with E-state index in [1.54, 1.807) is 0 Å². The zero-order valence-corrected chi connectivity index (χ0v) is 15.1. The van der Waals surface area contributed by atoms with Crippen LogP contribution in [0.25, 0.3) is 0 Å². The summed E-state index contributed by atoms with van der Waals surface area (Å²) in [5.41, 5.74) is 6.48. The summed E-state index contributed by atoms with van der Waals surface area (Å²) in [7, 11) is 1.99. The molecule has 0 aliphatic heterocycles. The van der Waals surface area contributed by atoms with E-state index in [1.165, 1.54) is 27.8 Å². The Kier molecular flexibility index (Phi) is 5.10. The predicted octanol–water partition coefficient (Wildman–Crippen LogP) is 5.18. The molecule has 2 aromatic rings. The van der Waals surface area contributed by atoms with E-state index < -0.39 is 0 Å². The fourth-order valence-electron chi connectivity index (χ4n) is 2.49. The van der Waals surface area contributed by atoms with E-state index in [0.29, 0.717) is 0 Å². The lowest BCUT2D eigenvalue weighted by Crippen LogP contribution is -2.19. The number of hydrogen-bond acceptors (Lipinski definition) is 1. The number of halogens is 2. The molecule has 1 unspecified atom stereocenters. The minimum Gasteiger partial charge on any atom is -0.309 e. The zero-order valence-electron chi connectivity index (χ0n) is 12.2. The molecule has 0 bridgehead atoms. The van der Waals surface area contributed by atoms with Crippen LogP contribution >= 0.6 is 34.2 Å². The number of hydrogen-bond donors (Lipinski definition) is 1. The Morgan fingerprint density at radius 2 is 1.65 bits per heavy atom. The quantitative estimate of drug-likeness (QED) is 0.701. The van der Waals surface area contributed by atoms with Gasteiger partial charge in [-0.25, -0.2) is 0 Å². The monoisotopic (exact) mass is 399 g/mol. The van der Waals surface area contributed by atoms with Crippen LogP contribution in [0.4, 0.5) is 0 Å². The molecule has 2 rings (SSSR count). The standard InChI is InChI=1S/C17H19ClIN/c1-10-7-12(3)14(8-11(10)2)17(20-4)13-5-6-16(19)15(18)9-13/h5-9,17,20H,1-4H3. The summed E-state index contributed by atoms with van der Waals surface area (Å²) in [6.07, 6.45) is 0. The molecule has 106 valence electrons. The lowest BCUT2D eigenvalue weighted by molar-refractivity contribution is 0.686. The number of aryl methyl sites for hydroxylation is 3. The van der Waals surface area contributed by atoms with Gasteiger partial charge in [-0.05, 0) is 90.4 Å². The largest absolute Gasteiger partial charge is 0.309 e. The summed E-state index contributed by atoms with van der Waals surface area (Å²) in [6.45, 7) is 6.48. The van der Waals surface area contributed by atoms with Crippen LogP contribution in [0.2, 0.25) is 5.02 Å². The summed E-state index contributed by atoms with van der Waals surface area (Å²) >= 11 is 8.52. The topological polar surface area (TPSA) is 12.0 Å². The second-order valence-corrected chi connectivity index (χ2v) is 6.76. The minimum atomic E-state index is 0.170. The van der Waals surface area contributed by atoms with Gasteiger partial charge >= 0.3 is 0 Å². The third-order valence-electron chi connectivity index (χ3n) is 3.76. The van der Waals surface area contributed by atoms with Gasteiger partial charge in [-0.15, -0.1) is 0 Å². The molecule has 0 amide bonds. The molecule has 20 heavy (non-hydrogen) atoms. The SMILES string of the molecule is CNC(c1ccc(I)c(Cl)c1)c1cc(C)c(C)cc1C. The van der Waals surface area contributed by atoms with Gasteiger partial charge in [-0.3, -0.25) is 0 Å². The number of rotatable bonds is 3. The van der Waals surface area contributed by atoms with Crippen molar-refractivity contribution in [1.82, 2.24) is 5.32 Å². The first kappa shape index (κ1) is 15.8. The van der Waals surface area contributed by atoms with Crippen LogP contribution in [0.5, 0.6) is 0 Å². The highest BCUT2D eigenvalue weighted by atomic mass is 127. The average Bonchev–Trinajstić information content (AvgIpc) is 2.40. The van der Waals surface area contributed by atoms with Gasteiger partial charge < -0.3 is 5.32 Å². The molecule has 1 nitrogen and oxygen atoms in total. The Morgan fingerprint density at radius 1 is 1.00 bits per heavy atom. The fourth-order valence-corrected chi connectivity index (χ4v) is 3.01. The first-order chi connectivity index (χ1) is 9.43. The first-order valence-corrected chi connectivity index (χ1v) is 8.09. The Morgan fingerprint density at radius 3 is 2.25 bits per heavy atom. The highest BCUT2D eigenvalue weighted by molar-refractivity contribution is 14.1. The Labute approximate surface area is 139 Å². The van der Waals surface area contributed by atoms with Crippen molar-refractivity contribution < 1.29 is 0 Å². The normalized spacial score (nSPS) is 12.5. The van der Waals surface area contributed by atoms with E-state index in [1.807, 2.05) is 7.05 Å². The van der Waals surface area contributed by atoms with Crippen molar-refractivity contribution in [3.8, 4) is 0 Å². The highest BCUT2D eigenvalue weighted by Crippen LogP contribution is 2.30. The molecule has 0 aromatic heterocycles. The van der Waals surface area contributed by atoms with Gasteiger partial charge in [-0.1, -0.05) is 29.8 Å². The molecule has 0 heterocycles. The van der Waals surface area contributed by atoms with Crippen LogP contribution < -0.4 is 5.32 Å². The second kappa shape index (κ2) is 6.46. The van der Waals surface area contributed by atoms with Gasteiger partial charge in [0, 0.05) is 3.57 Å². The summed E-state index contributed by atoms with van der Waals surface area (Å²) in [6, 6.07) is 11.0. The van der Waals surface area contributed by atoms with E-state index in [9.17, 15) is 0 Å². The van der Waals surface area contributed by atoms with E-state index in [0.717, 1.165) is 8.59 Å². The zero-order chi connectivity index (χ0) is 14.9. The maximum Gasteiger partial charge on any atom is 0.0577 e. The summed E-state index contributed by atoms with van der Waals surface area (Å²) in [5, 5.41) is 4.22. The summed E-state index contributed by atoms with van der Waals surface area (Å²) in [4.78, 5) is 0. The van der Waals surface area contributed by atoms with Crippen molar-refractivity contribution in [3.63, 3.8) is 0 Å². The molecule has 1 atom stereocenters. The lowest BCUT2D eigenvalue weighted by atomic mass is 9.92. The molecule has 0 saturated carbocycles.